The number of allylic oxidation sites excluding steroid dienone is 1. The number of carbonyl (C=O) groups is 1. The van der Waals surface area contributed by atoms with Crippen LogP contribution in [0.3, 0.4) is 0 Å². The Bertz CT molecular complexity index is 707. The quantitative estimate of drug-likeness (QED) is 0.349. The second-order valence-corrected chi connectivity index (χ2v) is 6.63. The third kappa shape index (κ3) is 3.80. The predicted octanol–water partition coefficient (Wildman–Crippen LogP) is 4.09. The Morgan fingerprint density at radius 1 is 0.889 bits per heavy atom. The second-order valence-electron chi connectivity index (χ2n) is 4.85. The van der Waals surface area contributed by atoms with Crippen LogP contribution < -0.4 is 0 Å². The largest absolute Gasteiger partial charge is 0.476 e. The Morgan fingerprint density at radius 2 is 1.26 bits per heavy atom. The fourth-order valence-corrected chi connectivity index (χ4v) is 2.78. The van der Waals surface area contributed by atoms with Crippen LogP contribution in [0.25, 0.3) is 0 Å². The number of nitrogens with zero attached hydrogens (tertiary/aromatic N) is 1. The predicted molar refractivity (Wildman–Crippen MR) is 68.0 cm³/mol. The monoisotopic (exact) mass is 443 g/mol. The van der Waals surface area contributed by atoms with E-state index in [1.807, 2.05) is 0 Å². The number of hydrogen-bond acceptors (Lipinski definition) is 3. The SMILES string of the molecule is CCC(CC)=C(C(=O)O)N(F)S(=O)(=O)C(F)(F)C(F)(F)C(F)(F)C(F)(F)F. The summed E-state index contributed by atoms with van der Waals surface area (Å²) in [6, 6.07) is 0. The van der Waals surface area contributed by atoms with Crippen LogP contribution in [0, 0.1) is 0 Å². The van der Waals surface area contributed by atoms with E-state index in [9.17, 15) is 57.2 Å². The second kappa shape index (κ2) is 7.35. The van der Waals surface area contributed by atoms with E-state index in [-0.39, 0.29) is 0 Å². The highest BCUT2D eigenvalue weighted by Crippen LogP contribution is 2.55. The van der Waals surface area contributed by atoms with Gasteiger partial charge >= 0.3 is 39.3 Å². The molecule has 0 radical (unpaired) electrons. The Kier molecular flexibility index (Phi) is 6.88. The molecule has 0 aromatic carbocycles. The average Bonchev–Trinajstić information content (AvgIpc) is 2.49. The minimum Gasteiger partial charge on any atom is -0.476 e. The van der Waals surface area contributed by atoms with Crippen LogP contribution in [0.15, 0.2) is 11.3 Å². The number of aliphatic carboxylic acids is 1. The van der Waals surface area contributed by atoms with Crippen molar-refractivity contribution in [1.82, 2.24) is 4.53 Å². The van der Waals surface area contributed by atoms with Crippen molar-refractivity contribution in [1.29, 1.82) is 0 Å². The van der Waals surface area contributed by atoms with E-state index in [1.165, 1.54) is 0 Å². The summed E-state index contributed by atoms with van der Waals surface area (Å²) in [6.07, 6.45) is -8.34. The summed E-state index contributed by atoms with van der Waals surface area (Å²) in [6.45, 7) is 2.15. The molecule has 0 saturated carbocycles. The smallest absolute Gasteiger partial charge is 0.460 e. The van der Waals surface area contributed by atoms with Gasteiger partial charge in [-0.3, -0.25) is 0 Å². The molecule has 0 fully saturated rings. The van der Waals surface area contributed by atoms with Gasteiger partial charge in [-0.1, -0.05) is 22.9 Å². The summed E-state index contributed by atoms with van der Waals surface area (Å²) in [7, 11) is -7.68. The fourth-order valence-electron chi connectivity index (χ4n) is 1.68. The number of halogens is 10. The maximum atomic E-state index is 13.9. The van der Waals surface area contributed by atoms with Gasteiger partial charge in [-0.2, -0.15) is 47.9 Å². The minimum absolute atomic E-state index is 0.505. The lowest BCUT2D eigenvalue weighted by atomic mass is 10.1. The highest BCUT2D eigenvalue weighted by molar-refractivity contribution is 7.90. The maximum Gasteiger partial charge on any atom is 0.460 e. The van der Waals surface area contributed by atoms with Crippen molar-refractivity contribution in [2.24, 2.45) is 0 Å². The van der Waals surface area contributed by atoms with E-state index < -0.39 is 67.9 Å². The molecule has 5 nitrogen and oxygen atoms in total. The molecule has 0 spiro atoms. The Morgan fingerprint density at radius 3 is 1.52 bits per heavy atom. The van der Waals surface area contributed by atoms with Gasteiger partial charge in [-0.25, -0.2) is 4.79 Å². The van der Waals surface area contributed by atoms with Crippen molar-refractivity contribution >= 4 is 16.0 Å². The van der Waals surface area contributed by atoms with Crippen molar-refractivity contribution in [3.63, 3.8) is 0 Å². The molecule has 0 aliphatic heterocycles. The lowest BCUT2D eigenvalue weighted by Crippen LogP contribution is -2.64. The molecular formula is C11H11F10NO4S. The van der Waals surface area contributed by atoms with E-state index in [0.717, 1.165) is 13.8 Å². The third-order valence-corrected chi connectivity index (χ3v) is 4.73. The molecule has 1 N–H and O–H groups in total. The van der Waals surface area contributed by atoms with Crippen molar-refractivity contribution in [2.75, 3.05) is 0 Å². The molecule has 0 bridgehead atoms. The van der Waals surface area contributed by atoms with E-state index in [4.69, 9.17) is 5.11 Å². The molecule has 27 heavy (non-hydrogen) atoms. The zero-order chi connectivity index (χ0) is 22.2. The number of carboxylic acids is 1. The zero-order valence-electron chi connectivity index (χ0n) is 13.2. The van der Waals surface area contributed by atoms with E-state index in [2.05, 4.69) is 0 Å². The first-order valence-corrected chi connectivity index (χ1v) is 8.05. The zero-order valence-corrected chi connectivity index (χ0v) is 14.0. The van der Waals surface area contributed by atoms with Crippen LogP contribution in [0.5, 0.6) is 0 Å². The molecule has 0 saturated heterocycles. The molecule has 0 aliphatic rings. The highest BCUT2D eigenvalue weighted by atomic mass is 32.2. The van der Waals surface area contributed by atoms with Gasteiger partial charge in [0.25, 0.3) is 0 Å². The topological polar surface area (TPSA) is 74.7 Å². The number of carboxylic acid groups (broad SMARTS) is 1. The number of rotatable bonds is 8. The third-order valence-electron chi connectivity index (χ3n) is 3.22. The minimum atomic E-state index is -7.68. The van der Waals surface area contributed by atoms with Gasteiger partial charge in [-0.15, -0.1) is 0 Å². The lowest BCUT2D eigenvalue weighted by molar-refractivity contribution is -0.382. The van der Waals surface area contributed by atoms with Crippen LogP contribution in [-0.4, -0.2) is 47.3 Å². The first-order chi connectivity index (χ1) is 11.8. The first kappa shape index (κ1) is 25.3. The van der Waals surface area contributed by atoms with Crippen molar-refractivity contribution in [3.05, 3.63) is 11.3 Å². The Balaban J connectivity index is 6.66. The van der Waals surface area contributed by atoms with Gasteiger partial charge in [0.2, 0.25) is 0 Å². The summed E-state index contributed by atoms with van der Waals surface area (Å²) in [5.41, 5.74) is -2.87. The van der Waals surface area contributed by atoms with E-state index in [0.29, 0.717) is 0 Å². The van der Waals surface area contributed by atoms with Crippen LogP contribution in [0.4, 0.5) is 44.0 Å². The molecule has 0 aromatic heterocycles. The standard InChI is InChI=1S/C11H11F10NO4S/c1-3-5(4-2)6(7(23)24)22(21)27(25,26)11(19,20)9(14,15)8(12,13)10(16,17)18/h3-4H2,1-2H3,(H,23,24). The lowest BCUT2D eigenvalue weighted by Gasteiger charge is -2.34. The van der Waals surface area contributed by atoms with Crippen LogP contribution in [0.1, 0.15) is 26.7 Å². The molecule has 0 aromatic rings. The number of sulfonamides is 1. The number of alkyl halides is 9. The summed E-state index contributed by atoms with van der Waals surface area (Å²) in [5.74, 6) is -17.8. The Hall–Kier alpha value is -1.74. The normalized spacial score (nSPS) is 14.1. The maximum absolute atomic E-state index is 13.9. The van der Waals surface area contributed by atoms with Crippen LogP contribution in [0.2, 0.25) is 0 Å². The van der Waals surface area contributed by atoms with Crippen LogP contribution >= 0.6 is 0 Å². The molecule has 0 rings (SSSR count). The van der Waals surface area contributed by atoms with Crippen molar-refractivity contribution in [2.45, 2.75) is 50.0 Å². The van der Waals surface area contributed by atoms with E-state index >= 15 is 0 Å². The van der Waals surface area contributed by atoms with Gasteiger partial charge in [0, 0.05) is 0 Å². The van der Waals surface area contributed by atoms with Crippen LogP contribution in [-0.2, 0) is 14.8 Å². The highest BCUT2D eigenvalue weighted by Gasteiger charge is 2.86. The van der Waals surface area contributed by atoms with Gasteiger partial charge in [0.15, 0.2) is 5.70 Å². The van der Waals surface area contributed by atoms with Crippen molar-refractivity contribution in [3.8, 4) is 0 Å². The van der Waals surface area contributed by atoms with Gasteiger partial charge in [0.05, 0.1) is 0 Å². The molecule has 160 valence electrons. The summed E-state index contributed by atoms with van der Waals surface area (Å²) in [5, 5.41) is 1.36. The summed E-state index contributed by atoms with van der Waals surface area (Å²) < 4.78 is 149. The first-order valence-electron chi connectivity index (χ1n) is 6.61. The molecule has 0 heterocycles. The molecular weight excluding hydrogens is 432 g/mol. The van der Waals surface area contributed by atoms with Gasteiger partial charge in [-0.05, 0) is 18.4 Å². The van der Waals surface area contributed by atoms with Gasteiger partial charge in [0.1, 0.15) is 0 Å². The molecule has 0 aliphatic carbocycles. The number of hydrogen-bond donors (Lipinski definition) is 1. The average molecular weight is 443 g/mol. The van der Waals surface area contributed by atoms with Gasteiger partial charge < -0.3 is 5.11 Å². The Labute approximate surface area is 145 Å². The fraction of sp³-hybridized carbons (Fsp3) is 0.727. The molecule has 0 atom stereocenters. The van der Waals surface area contributed by atoms with E-state index in [1.54, 1.807) is 0 Å². The van der Waals surface area contributed by atoms with Crippen molar-refractivity contribution < 1.29 is 62.3 Å². The molecule has 0 amide bonds. The summed E-state index contributed by atoms with van der Waals surface area (Å²) >= 11 is 0. The molecule has 16 heteroatoms. The molecule has 0 unspecified atom stereocenters. The summed E-state index contributed by atoms with van der Waals surface area (Å²) in [4.78, 5) is 10.9.